The maximum absolute atomic E-state index is 6.80. The van der Waals surface area contributed by atoms with Gasteiger partial charge in [-0.05, 0) is 0 Å². The molecule has 3 heteroatoms. The molecule has 0 aromatic carbocycles. The Morgan fingerprint density at radius 3 is 2.64 bits per heavy atom. The summed E-state index contributed by atoms with van der Waals surface area (Å²) in [5.41, 5.74) is 0.755. The molecule has 60 valence electrons. The standard InChI is InChI=1S/C6H6N2O.C2H6/c1-2-5-4-8-9-6(5)3-7;1-2/h2-4,7H,1H2;1-2H3. The van der Waals surface area contributed by atoms with Crippen LogP contribution in [-0.2, 0) is 0 Å². The minimum atomic E-state index is 0.449. The van der Waals surface area contributed by atoms with E-state index in [1.54, 1.807) is 6.08 Å². The lowest BCUT2D eigenvalue weighted by Gasteiger charge is -1.79. The maximum Gasteiger partial charge on any atom is 0.184 e. The summed E-state index contributed by atoms with van der Waals surface area (Å²) in [5, 5.41) is 10.3. The van der Waals surface area contributed by atoms with Gasteiger partial charge in [-0.25, -0.2) is 0 Å². The fourth-order valence-corrected chi connectivity index (χ4v) is 0.519. The molecule has 0 aliphatic heterocycles. The molecule has 0 fully saturated rings. The Labute approximate surface area is 66.2 Å². The molecule has 0 bridgehead atoms. The van der Waals surface area contributed by atoms with Crippen LogP contribution >= 0.6 is 0 Å². The Bertz CT molecular complexity index is 205. The van der Waals surface area contributed by atoms with Gasteiger partial charge in [-0.15, -0.1) is 0 Å². The summed E-state index contributed by atoms with van der Waals surface area (Å²) in [4.78, 5) is 0. The van der Waals surface area contributed by atoms with Crippen LogP contribution in [0.3, 0.4) is 0 Å². The van der Waals surface area contributed by atoms with Crippen LogP contribution in [0.5, 0.6) is 0 Å². The van der Waals surface area contributed by atoms with Crippen molar-refractivity contribution < 1.29 is 4.52 Å². The van der Waals surface area contributed by atoms with Gasteiger partial charge in [-0.2, -0.15) is 0 Å². The number of hydrogen-bond donors (Lipinski definition) is 1. The smallest absolute Gasteiger partial charge is 0.184 e. The molecule has 0 saturated heterocycles. The monoisotopic (exact) mass is 152 g/mol. The number of rotatable bonds is 2. The lowest BCUT2D eigenvalue weighted by atomic mass is 10.3. The van der Waals surface area contributed by atoms with Crippen molar-refractivity contribution in [1.29, 1.82) is 5.41 Å². The molecule has 0 spiro atoms. The van der Waals surface area contributed by atoms with Crippen LogP contribution in [0.4, 0.5) is 0 Å². The summed E-state index contributed by atoms with van der Waals surface area (Å²) >= 11 is 0. The minimum Gasteiger partial charge on any atom is -0.355 e. The summed E-state index contributed by atoms with van der Waals surface area (Å²) in [5.74, 6) is 0.449. The summed E-state index contributed by atoms with van der Waals surface area (Å²) in [7, 11) is 0. The summed E-state index contributed by atoms with van der Waals surface area (Å²) in [6.07, 6.45) is 4.22. The lowest BCUT2D eigenvalue weighted by Crippen LogP contribution is -1.75. The van der Waals surface area contributed by atoms with Gasteiger partial charge in [0.2, 0.25) is 0 Å². The van der Waals surface area contributed by atoms with Gasteiger partial charge < -0.3 is 9.93 Å². The predicted octanol–water partition coefficient (Wildman–Crippen LogP) is 2.34. The Balaban J connectivity index is 0.000000461. The Hall–Kier alpha value is -1.38. The minimum absolute atomic E-state index is 0.449. The van der Waals surface area contributed by atoms with E-state index in [1.807, 2.05) is 13.8 Å². The SMILES string of the molecule is C=Cc1cnoc1C=N.CC. The van der Waals surface area contributed by atoms with Crippen LogP contribution in [0.25, 0.3) is 6.08 Å². The number of hydrogen-bond acceptors (Lipinski definition) is 3. The van der Waals surface area contributed by atoms with Crippen molar-refractivity contribution >= 4 is 12.3 Å². The summed E-state index contributed by atoms with van der Waals surface area (Å²) in [6.45, 7) is 7.51. The molecular weight excluding hydrogens is 140 g/mol. The van der Waals surface area contributed by atoms with E-state index in [1.165, 1.54) is 6.20 Å². The topological polar surface area (TPSA) is 49.9 Å². The molecule has 0 unspecified atom stereocenters. The van der Waals surface area contributed by atoms with Crippen LogP contribution in [0.15, 0.2) is 17.3 Å². The first-order valence-corrected chi connectivity index (χ1v) is 3.46. The van der Waals surface area contributed by atoms with Gasteiger partial charge in [-0.3, -0.25) is 0 Å². The van der Waals surface area contributed by atoms with Gasteiger partial charge in [0.05, 0.1) is 12.4 Å². The maximum atomic E-state index is 6.80. The second-order valence-corrected chi connectivity index (χ2v) is 1.49. The Morgan fingerprint density at radius 2 is 2.27 bits per heavy atom. The van der Waals surface area contributed by atoms with Gasteiger partial charge >= 0.3 is 0 Å². The molecule has 0 radical (unpaired) electrons. The highest BCUT2D eigenvalue weighted by Crippen LogP contribution is 2.04. The molecule has 1 aromatic rings. The molecule has 0 aliphatic rings. The third-order valence-electron chi connectivity index (χ3n) is 0.978. The van der Waals surface area contributed by atoms with E-state index < -0.39 is 0 Å². The van der Waals surface area contributed by atoms with E-state index in [0.717, 1.165) is 11.8 Å². The Morgan fingerprint density at radius 1 is 1.64 bits per heavy atom. The van der Waals surface area contributed by atoms with Gasteiger partial charge in [0.1, 0.15) is 0 Å². The van der Waals surface area contributed by atoms with E-state index in [-0.39, 0.29) is 0 Å². The number of nitrogens with zero attached hydrogens (tertiary/aromatic N) is 1. The highest BCUT2D eigenvalue weighted by Gasteiger charge is 1.97. The fourth-order valence-electron chi connectivity index (χ4n) is 0.519. The van der Waals surface area contributed by atoms with Crippen LogP contribution in [0, 0.1) is 5.41 Å². The average Bonchev–Trinajstić information content (AvgIpc) is 2.54. The highest BCUT2D eigenvalue weighted by molar-refractivity contribution is 5.78. The summed E-state index contributed by atoms with van der Waals surface area (Å²) < 4.78 is 4.64. The molecule has 0 atom stereocenters. The number of aromatic nitrogens is 1. The predicted molar refractivity (Wildman–Crippen MR) is 45.8 cm³/mol. The first-order chi connectivity index (χ1) is 5.38. The quantitative estimate of drug-likeness (QED) is 0.661. The average molecular weight is 152 g/mol. The van der Waals surface area contributed by atoms with Crippen LogP contribution < -0.4 is 0 Å². The third-order valence-corrected chi connectivity index (χ3v) is 0.978. The first-order valence-electron chi connectivity index (χ1n) is 3.46. The van der Waals surface area contributed by atoms with Gasteiger partial charge in [0.25, 0.3) is 0 Å². The fraction of sp³-hybridized carbons (Fsp3) is 0.250. The van der Waals surface area contributed by atoms with Crippen molar-refractivity contribution in [2.45, 2.75) is 13.8 Å². The summed E-state index contributed by atoms with van der Waals surface area (Å²) in [6, 6.07) is 0. The largest absolute Gasteiger partial charge is 0.355 e. The van der Waals surface area contributed by atoms with E-state index in [9.17, 15) is 0 Å². The van der Waals surface area contributed by atoms with Crippen LogP contribution in [0.1, 0.15) is 25.2 Å². The van der Waals surface area contributed by atoms with E-state index in [0.29, 0.717) is 5.76 Å². The van der Waals surface area contributed by atoms with Crippen molar-refractivity contribution in [2.75, 3.05) is 0 Å². The molecule has 1 aromatic heterocycles. The molecule has 0 amide bonds. The molecule has 0 aliphatic carbocycles. The molecule has 3 nitrogen and oxygen atoms in total. The zero-order valence-electron chi connectivity index (χ0n) is 6.79. The highest BCUT2D eigenvalue weighted by atomic mass is 16.5. The van der Waals surface area contributed by atoms with E-state index >= 15 is 0 Å². The third kappa shape index (κ3) is 2.37. The van der Waals surface area contributed by atoms with Crippen molar-refractivity contribution in [3.05, 3.63) is 24.1 Å². The molecule has 0 saturated carbocycles. The second kappa shape index (κ2) is 5.41. The molecule has 1 rings (SSSR count). The number of nitrogens with one attached hydrogen (secondary N) is 1. The lowest BCUT2D eigenvalue weighted by molar-refractivity contribution is 0.414. The zero-order valence-corrected chi connectivity index (χ0v) is 6.79. The second-order valence-electron chi connectivity index (χ2n) is 1.49. The first kappa shape index (κ1) is 9.62. The van der Waals surface area contributed by atoms with Gasteiger partial charge in [0.15, 0.2) is 5.76 Å². The molecule has 11 heavy (non-hydrogen) atoms. The van der Waals surface area contributed by atoms with Crippen molar-refractivity contribution in [3.63, 3.8) is 0 Å². The molecule has 1 N–H and O–H groups in total. The van der Waals surface area contributed by atoms with Crippen molar-refractivity contribution in [1.82, 2.24) is 5.16 Å². The van der Waals surface area contributed by atoms with Crippen molar-refractivity contribution in [3.8, 4) is 0 Å². The van der Waals surface area contributed by atoms with E-state index in [4.69, 9.17) is 5.41 Å². The van der Waals surface area contributed by atoms with Crippen molar-refractivity contribution in [2.24, 2.45) is 0 Å². The normalized spacial score (nSPS) is 7.82. The van der Waals surface area contributed by atoms with E-state index in [2.05, 4.69) is 16.3 Å². The van der Waals surface area contributed by atoms with Gasteiger partial charge in [0, 0.05) is 5.56 Å². The van der Waals surface area contributed by atoms with Crippen LogP contribution in [0.2, 0.25) is 0 Å². The molecular formula is C8H12N2O. The zero-order chi connectivity index (χ0) is 8.69. The van der Waals surface area contributed by atoms with Crippen LogP contribution in [-0.4, -0.2) is 11.4 Å². The Kier molecular flexibility index (Phi) is 4.73. The van der Waals surface area contributed by atoms with Gasteiger partial charge in [-0.1, -0.05) is 31.7 Å². The molecule has 1 heterocycles.